The second-order valence-corrected chi connectivity index (χ2v) is 3.10. The number of nitrogens with zero attached hydrogens (tertiary/aromatic N) is 1. The van der Waals surface area contributed by atoms with Gasteiger partial charge in [0.05, 0.1) is 11.3 Å². The molecule has 5 heteroatoms. The van der Waals surface area contributed by atoms with Crippen LogP contribution in [0, 0.1) is 0 Å². The van der Waals surface area contributed by atoms with Crippen molar-refractivity contribution in [2.45, 2.75) is 0 Å². The van der Waals surface area contributed by atoms with E-state index in [9.17, 15) is 4.79 Å². The smallest absolute Gasteiger partial charge is 0.338 e. The topological polar surface area (TPSA) is 75.7 Å². The van der Waals surface area contributed by atoms with E-state index in [0.29, 0.717) is 10.7 Å². The molecule has 0 bridgehead atoms. The Labute approximate surface area is 91.7 Å². The zero-order chi connectivity index (χ0) is 11.3. The minimum Gasteiger partial charge on any atom is -0.478 e. The van der Waals surface area contributed by atoms with Gasteiger partial charge in [-0.15, -0.1) is 0 Å². The minimum absolute atomic E-state index is 0.0741. The molecule has 3 N–H and O–H groups in total. The van der Waals surface area contributed by atoms with Gasteiger partial charge in [-0.2, -0.15) is 0 Å². The van der Waals surface area contributed by atoms with Crippen molar-refractivity contribution in [3.8, 4) is 0 Å². The summed E-state index contributed by atoms with van der Waals surface area (Å²) in [5.41, 5.74) is 5.61. The van der Waals surface area contributed by atoms with E-state index in [4.69, 9.17) is 22.4 Å². The van der Waals surface area contributed by atoms with Gasteiger partial charge in [0.15, 0.2) is 0 Å². The van der Waals surface area contributed by atoms with Crippen molar-refractivity contribution in [1.82, 2.24) is 0 Å². The summed E-state index contributed by atoms with van der Waals surface area (Å²) in [4.78, 5) is 14.5. The van der Waals surface area contributed by atoms with Gasteiger partial charge in [0.25, 0.3) is 0 Å². The van der Waals surface area contributed by atoms with E-state index in [-0.39, 0.29) is 5.57 Å². The van der Waals surface area contributed by atoms with E-state index in [1.54, 1.807) is 24.3 Å². The molecular weight excluding hydrogens is 216 g/mol. The molecule has 4 nitrogen and oxygen atoms in total. The van der Waals surface area contributed by atoms with Gasteiger partial charge in [0, 0.05) is 17.4 Å². The molecule has 0 fully saturated rings. The number of benzene rings is 1. The number of rotatable bonds is 3. The Morgan fingerprint density at radius 2 is 2.27 bits per heavy atom. The first kappa shape index (κ1) is 11.3. The summed E-state index contributed by atoms with van der Waals surface area (Å²) < 4.78 is 0. The highest BCUT2D eigenvalue weighted by molar-refractivity contribution is 6.30. The summed E-state index contributed by atoms with van der Waals surface area (Å²) in [5, 5.41) is 9.18. The van der Waals surface area contributed by atoms with E-state index < -0.39 is 5.97 Å². The third-order valence-corrected chi connectivity index (χ3v) is 1.82. The van der Waals surface area contributed by atoms with Crippen LogP contribution in [0.4, 0.5) is 5.69 Å². The molecule has 1 aromatic carbocycles. The molecule has 15 heavy (non-hydrogen) atoms. The predicted molar refractivity (Wildman–Crippen MR) is 59.5 cm³/mol. The van der Waals surface area contributed by atoms with Crippen LogP contribution in [-0.4, -0.2) is 17.3 Å². The fourth-order valence-electron chi connectivity index (χ4n) is 0.870. The lowest BCUT2D eigenvalue weighted by molar-refractivity contribution is -0.132. The summed E-state index contributed by atoms with van der Waals surface area (Å²) in [6, 6.07) is 6.76. The van der Waals surface area contributed by atoms with Crippen LogP contribution in [0.3, 0.4) is 0 Å². The average molecular weight is 225 g/mol. The number of aliphatic carboxylic acids is 1. The summed E-state index contributed by atoms with van der Waals surface area (Å²) >= 11 is 5.73. The van der Waals surface area contributed by atoms with E-state index in [2.05, 4.69) is 4.99 Å². The first-order valence-electron chi connectivity index (χ1n) is 4.08. The molecule has 0 aliphatic carbocycles. The molecule has 0 aliphatic rings. The number of aliphatic imine (C=N–C) groups is 1. The van der Waals surface area contributed by atoms with Crippen LogP contribution in [-0.2, 0) is 4.79 Å². The molecule has 0 atom stereocenters. The molecular formula is C10H9ClN2O2. The highest BCUT2D eigenvalue weighted by atomic mass is 35.5. The molecule has 0 heterocycles. The Bertz CT molecular complexity index is 427. The SMILES string of the molecule is N/C=C(\C=Nc1cccc(Cl)c1)C(=O)O. The quantitative estimate of drug-likeness (QED) is 0.609. The lowest BCUT2D eigenvalue weighted by atomic mass is 10.3. The molecule has 0 radical (unpaired) electrons. The fraction of sp³-hybridized carbons (Fsp3) is 0. The summed E-state index contributed by atoms with van der Waals surface area (Å²) in [6.45, 7) is 0. The molecule has 0 amide bonds. The number of nitrogens with two attached hydrogens (primary N) is 1. The Kier molecular flexibility index (Phi) is 3.88. The van der Waals surface area contributed by atoms with E-state index in [1.165, 1.54) is 6.21 Å². The van der Waals surface area contributed by atoms with Crippen LogP contribution < -0.4 is 5.73 Å². The Hall–Kier alpha value is -1.81. The van der Waals surface area contributed by atoms with E-state index >= 15 is 0 Å². The number of hydrogen-bond donors (Lipinski definition) is 2. The molecule has 0 spiro atoms. The summed E-state index contributed by atoms with van der Waals surface area (Å²) in [5.74, 6) is -1.12. The van der Waals surface area contributed by atoms with Gasteiger partial charge < -0.3 is 10.8 Å². The van der Waals surface area contributed by atoms with Gasteiger partial charge >= 0.3 is 5.97 Å². The van der Waals surface area contributed by atoms with Crippen molar-refractivity contribution in [3.05, 3.63) is 41.1 Å². The van der Waals surface area contributed by atoms with Crippen LogP contribution in [0.25, 0.3) is 0 Å². The van der Waals surface area contributed by atoms with Crippen molar-refractivity contribution in [2.75, 3.05) is 0 Å². The predicted octanol–water partition coefficient (Wildman–Crippen LogP) is 1.97. The molecule has 1 aromatic rings. The lowest BCUT2D eigenvalue weighted by Gasteiger charge is -1.94. The van der Waals surface area contributed by atoms with Crippen molar-refractivity contribution in [2.24, 2.45) is 10.7 Å². The van der Waals surface area contributed by atoms with Crippen LogP contribution >= 0.6 is 11.6 Å². The van der Waals surface area contributed by atoms with Crippen molar-refractivity contribution in [3.63, 3.8) is 0 Å². The van der Waals surface area contributed by atoms with E-state index in [1.807, 2.05) is 0 Å². The zero-order valence-corrected chi connectivity index (χ0v) is 8.48. The maximum atomic E-state index is 10.6. The molecule has 0 aliphatic heterocycles. The number of carboxylic acids is 1. The number of carbonyl (C=O) groups is 1. The first-order valence-corrected chi connectivity index (χ1v) is 4.46. The highest BCUT2D eigenvalue weighted by Gasteiger charge is 2.01. The normalized spacial score (nSPS) is 11.9. The van der Waals surface area contributed by atoms with Gasteiger partial charge in [0.2, 0.25) is 0 Å². The summed E-state index contributed by atoms with van der Waals surface area (Å²) in [7, 11) is 0. The standard InChI is InChI=1S/C10H9ClN2O2/c11-8-2-1-3-9(4-8)13-6-7(5-12)10(14)15/h1-6H,12H2,(H,14,15)/b7-5+,13-6?. The zero-order valence-electron chi connectivity index (χ0n) is 7.72. The first-order chi connectivity index (χ1) is 7.13. The van der Waals surface area contributed by atoms with Crippen LogP contribution in [0.15, 0.2) is 41.0 Å². The largest absolute Gasteiger partial charge is 0.478 e. The number of halogens is 1. The Balaban J connectivity index is 2.86. The van der Waals surface area contributed by atoms with Gasteiger partial charge in [0.1, 0.15) is 0 Å². The molecule has 1 rings (SSSR count). The van der Waals surface area contributed by atoms with Crippen LogP contribution in [0.2, 0.25) is 5.02 Å². The second-order valence-electron chi connectivity index (χ2n) is 2.67. The Morgan fingerprint density at radius 1 is 1.53 bits per heavy atom. The lowest BCUT2D eigenvalue weighted by Crippen LogP contribution is -2.03. The fourth-order valence-corrected chi connectivity index (χ4v) is 1.05. The molecule has 0 saturated heterocycles. The maximum absolute atomic E-state index is 10.6. The average Bonchev–Trinajstić information content (AvgIpc) is 2.18. The third kappa shape index (κ3) is 3.44. The van der Waals surface area contributed by atoms with Crippen LogP contribution in [0.1, 0.15) is 0 Å². The van der Waals surface area contributed by atoms with E-state index in [0.717, 1.165) is 6.20 Å². The molecule has 0 unspecified atom stereocenters. The van der Waals surface area contributed by atoms with Gasteiger partial charge in [-0.1, -0.05) is 17.7 Å². The van der Waals surface area contributed by atoms with Gasteiger partial charge in [-0.05, 0) is 18.2 Å². The van der Waals surface area contributed by atoms with Crippen molar-refractivity contribution < 1.29 is 9.90 Å². The Morgan fingerprint density at radius 3 is 2.80 bits per heavy atom. The monoisotopic (exact) mass is 224 g/mol. The minimum atomic E-state index is -1.12. The van der Waals surface area contributed by atoms with Gasteiger partial charge in [-0.3, -0.25) is 4.99 Å². The number of hydrogen-bond acceptors (Lipinski definition) is 3. The van der Waals surface area contributed by atoms with Crippen LogP contribution in [0.5, 0.6) is 0 Å². The molecule has 0 saturated carbocycles. The van der Waals surface area contributed by atoms with Gasteiger partial charge in [-0.25, -0.2) is 4.79 Å². The van der Waals surface area contributed by atoms with Crippen molar-refractivity contribution >= 4 is 29.5 Å². The maximum Gasteiger partial charge on any atom is 0.338 e. The summed E-state index contributed by atoms with van der Waals surface area (Å²) in [6.07, 6.45) is 2.16. The van der Waals surface area contributed by atoms with Crippen molar-refractivity contribution in [1.29, 1.82) is 0 Å². The molecule has 78 valence electrons. The molecule has 0 aromatic heterocycles. The third-order valence-electron chi connectivity index (χ3n) is 1.59. The number of carboxylic acid groups (broad SMARTS) is 1. The highest BCUT2D eigenvalue weighted by Crippen LogP contribution is 2.17. The second kappa shape index (κ2) is 5.17.